The molecule has 1 saturated heterocycles. The molecule has 164 valence electrons. The summed E-state index contributed by atoms with van der Waals surface area (Å²) in [4.78, 5) is 34.3. The van der Waals surface area contributed by atoms with Crippen LogP contribution in [-0.2, 0) is 9.53 Å². The van der Waals surface area contributed by atoms with Crippen LogP contribution in [0.15, 0.2) is 95.6 Å². The molecular weight excluding hydrogens is 414 g/mol. The Hall–Kier alpha value is -4.03. The topological polar surface area (TPSA) is 62.2 Å². The average Bonchev–Trinajstić information content (AvgIpc) is 3.21. The quantitative estimate of drug-likeness (QED) is 0.580. The van der Waals surface area contributed by atoms with Gasteiger partial charge in [0.2, 0.25) is 0 Å². The number of amidine groups is 1. The molecule has 0 aliphatic carbocycles. The van der Waals surface area contributed by atoms with Crippen molar-refractivity contribution in [1.29, 1.82) is 0 Å². The monoisotopic (exact) mass is 437 g/mol. The maximum Gasteiger partial charge on any atom is 0.282 e. The van der Waals surface area contributed by atoms with Crippen LogP contribution in [0, 0.1) is 0 Å². The molecule has 2 aliphatic heterocycles. The van der Waals surface area contributed by atoms with Gasteiger partial charge in [-0.1, -0.05) is 60.7 Å². The van der Waals surface area contributed by atoms with Crippen molar-refractivity contribution >= 4 is 29.4 Å². The molecular formula is C27H23N3O3. The molecule has 33 heavy (non-hydrogen) atoms. The summed E-state index contributed by atoms with van der Waals surface area (Å²) < 4.78 is 5.33. The van der Waals surface area contributed by atoms with Crippen molar-refractivity contribution < 1.29 is 14.3 Å². The Morgan fingerprint density at radius 1 is 0.848 bits per heavy atom. The molecule has 0 spiro atoms. The Labute approximate surface area is 192 Å². The van der Waals surface area contributed by atoms with Crippen molar-refractivity contribution in [2.75, 3.05) is 31.2 Å². The van der Waals surface area contributed by atoms with E-state index in [2.05, 4.69) is 4.99 Å². The number of hydrogen-bond donors (Lipinski definition) is 0. The first-order valence-corrected chi connectivity index (χ1v) is 10.9. The van der Waals surface area contributed by atoms with E-state index >= 15 is 0 Å². The lowest BCUT2D eigenvalue weighted by Crippen LogP contribution is -2.40. The van der Waals surface area contributed by atoms with Gasteiger partial charge in [0.25, 0.3) is 11.8 Å². The van der Waals surface area contributed by atoms with Crippen LogP contribution < -0.4 is 4.90 Å². The number of hydrogen-bond acceptors (Lipinski definition) is 4. The summed E-state index contributed by atoms with van der Waals surface area (Å²) in [6, 6.07) is 26.4. The standard InChI is InChI=1S/C27H23N3O3/c31-26(29-15-17-33-18-16-29)22-11-13-23(14-12-22)30-25(21-9-5-2-6-10-21)28-24(27(30)32)19-20-7-3-1-4-8-20/h1-14,19H,15-18H2/b24-19-. The van der Waals surface area contributed by atoms with E-state index in [1.54, 1.807) is 40.1 Å². The van der Waals surface area contributed by atoms with E-state index in [-0.39, 0.29) is 11.8 Å². The van der Waals surface area contributed by atoms with Gasteiger partial charge in [-0.05, 0) is 35.9 Å². The molecule has 0 atom stereocenters. The molecule has 0 saturated carbocycles. The van der Waals surface area contributed by atoms with Gasteiger partial charge >= 0.3 is 0 Å². The van der Waals surface area contributed by atoms with Gasteiger partial charge < -0.3 is 9.64 Å². The first-order chi connectivity index (χ1) is 16.2. The third-order valence-corrected chi connectivity index (χ3v) is 5.67. The van der Waals surface area contributed by atoms with Crippen molar-refractivity contribution in [1.82, 2.24) is 4.90 Å². The third kappa shape index (κ3) is 4.33. The number of ether oxygens (including phenoxy) is 1. The number of rotatable bonds is 4. The van der Waals surface area contributed by atoms with Crippen molar-refractivity contribution in [2.45, 2.75) is 0 Å². The summed E-state index contributed by atoms with van der Waals surface area (Å²) >= 11 is 0. The van der Waals surface area contributed by atoms with Crippen LogP contribution in [0.1, 0.15) is 21.5 Å². The number of benzene rings is 3. The van der Waals surface area contributed by atoms with Gasteiger partial charge in [0.1, 0.15) is 11.5 Å². The van der Waals surface area contributed by atoms with Crippen LogP contribution in [0.25, 0.3) is 6.08 Å². The Bertz CT molecular complexity index is 1210. The number of amides is 2. The minimum absolute atomic E-state index is 0.0285. The highest BCUT2D eigenvalue weighted by Gasteiger charge is 2.32. The lowest BCUT2D eigenvalue weighted by Gasteiger charge is -2.27. The van der Waals surface area contributed by atoms with E-state index in [4.69, 9.17) is 4.74 Å². The summed E-state index contributed by atoms with van der Waals surface area (Å²) in [7, 11) is 0. The highest BCUT2D eigenvalue weighted by atomic mass is 16.5. The molecule has 1 fully saturated rings. The van der Waals surface area contributed by atoms with Gasteiger partial charge in [0, 0.05) is 24.2 Å². The normalized spacial score (nSPS) is 17.4. The Kier molecular flexibility index (Phi) is 5.83. The molecule has 6 heteroatoms. The molecule has 0 radical (unpaired) electrons. The van der Waals surface area contributed by atoms with Crippen LogP contribution in [0.2, 0.25) is 0 Å². The molecule has 5 rings (SSSR count). The predicted molar refractivity (Wildman–Crippen MR) is 128 cm³/mol. The van der Waals surface area contributed by atoms with Crippen molar-refractivity contribution in [3.05, 3.63) is 107 Å². The second kappa shape index (κ2) is 9.22. The van der Waals surface area contributed by atoms with Gasteiger partial charge in [0.05, 0.1) is 18.9 Å². The molecule has 2 heterocycles. The smallest absolute Gasteiger partial charge is 0.282 e. The number of anilines is 1. The number of carbonyl (C=O) groups is 2. The average molecular weight is 437 g/mol. The summed E-state index contributed by atoms with van der Waals surface area (Å²) in [6.07, 6.45) is 1.79. The SMILES string of the molecule is O=C(c1ccc(N2C(=O)/C(=C/c3ccccc3)N=C2c2ccccc2)cc1)N1CCOCC1. The highest BCUT2D eigenvalue weighted by Crippen LogP contribution is 2.28. The molecule has 0 N–H and O–H groups in total. The van der Waals surface area contributed by atoms with Crippen molar-refractivity contribution in [2.24, 2.45) is 4.99 Å². The molecule has 3 aromatic carbocycles. The van der Waals surface area contributed by atoms with Gasteiger partial charge in [0.15, 0.2) is 0 Å². The molecule has 0 unspecified atom stereocenters. The largest absolute Gasteiger partial charge is 0.378 e. The first-order valence-electron chi connectivity index (χ1n) is 10.9. The van der Waals surface area contributed by atoms with E-state index in [9.17, 15) is 9.59 Å². The minimum atomic E-state index is -0.204. The lowest BCUT2D eigenvalue weighted by atomic mass is 10.1. The van der Waals surface area contributed by atoms with Crippen molar-refractivity contribution in [3.8, 4) is 0 Å². The Morgan fingerprint density at radius 3 is 2.15 bits per heavy atom. The second-order valence-corrected chi connectivity index (χ2v) is 7.83. The summed E-state index contributed by atoms with van der Waals surface area (Å²) in [6.45, 7) is 2.28. The summed E-state index contributed by atoms with van der Waals surface area (Å²) in [5.41, 5.74) is 3.37. The van der Waals surface area contributed by atoms with Crippen LogP contribution in [0.3, 0.4) is 0 Å². The van der Waals surface area contributed by atoms with Gasteiger partial charge in [-0.25, -0.2) is 4.99 Å². The fourth-order valence-electron chi connectivity index (χ4n) is 3.95. The lowest BCUT2D eigenvalue weighted by molar-refractivity contribution is -0.113. The van der Waals surface area contributed by atoms with E-state index in [0.29, 0.717) is 49.1 Å². The fraction of sp³-hybridized carbons (Fsp3) is 0.148. The number of morpholine rings is 1. The van der Waals surface area contributed by atoms with Crippen LogP contribution in [-0.4, -0.2) is 48.9 Å². The maximum absolute atomic E-state index is 13.4. The zero-order valence-electron chi connectivity index (χ0n) is 18.1. The zero-order valence-corrected chi connectivity index (χ0v) is 18.1. The van der Waals surface area contributed by atoms with Gasteiger partial charge in [-0.2, -0.15) is 0 Å². The highest BCUT2D eigenvalue weighted by molar-refractivity contribution is 6.33. The molecule has 2 aliphatic rings. The first kappa shape index (κ1) is 20.8. The van der Waals surface area contributed by atoms with Gasteiger partial charge in [-0.3, -0.25) is 14.5 Å². The van der Waals surface area contributed by atoms with E-state index in [1.807, 2.05) is 60.7 Å². The molecule has 0 aromatic heterocycles. The van der Waals surface area contributed by atoms with Gasteiger partial charge in [-0.15, -0.1) is 0 Å². The Morgan fingerprint density at radius 2 is 1.48 bits per heavy atom. The number of carbonyl (C=O) groups excluding carboxylic acids is 2. The van der Waals surface area contributed by atoms with Crippen LogP contribution in [0.5, 0.6) is 0 Å². The van der Waals surface area contributed by atoms with E-state index in [1.165, 1.54) is 0 Å². The van der Waals surface area contributed by atoms with Crippen molar-refractivity contribution in [3.63, 3.8) is 0 Å². The number of nitrogens with zero attached hydrogens (tertiary/aromatic N) is 3. The number of aliphatic imine (C=N–C) groups is 1. The summed E-state index contributed by atoms with van der Waals surface area (Å²) in [5.74, 6) is 0.333. The predicted octanol–water partition coefficient (Wildman–Crippen LogP) is 3.99. The molecule has 6 nitrogen and oxygen atoms in total. The molecule has 3 aromatic rings. The fourth-order valence-corrected chi connectivity index (χ4v) is 3.95. The minimum Gasteiger partial charge on any atom is -0.378 e. The molecule has 0 bridgehead atoms. The third-order valence-electron chi connectivity index (χ3n) is 5.67. The summed E-state index contributed by atoms with van der Waals surface area (Å²) in [5, 5.41) is 0. The maximum atomic E-state index is 13.4. The van der Waals surface area contributed by atoms with E-state index in [0.717, 1.165) is 11.1 Å². The molecule has 2 amide bonds. The van der Waals surface area contributed by atoms with Crippen LogP contribution >= 0.6 is 0 Å². The second-order valence-electron chi connectivity index (χ2n) is 7.83. The Balaban J connectivity index is 1.48. The zero-order chi connectivity index (χ0) is 22.6. The van der Waals surface area contributed by atoms with Crippen LogP contribution in [0.4, 0.5) is 5.69 Å². The van der Waals surface area contributed by atoms with E-state index < -0.39 is 0 Å².